The molecule has 0 saturated carbocycles. The monoisotopic (exact) mass is 179 g/mol. The van der Waals surface area contributed by atoms with Gasteiger partial charge in [0.15, 0.2) is 0 Å². The van der Waals surface area contributed by atoms with Crippen LogP contribution in [0.2, 0.25) is 0 Å². The summed E-state index contributed by atoms with van der Waals surface area (Å²) < 4.78 is 5.18. The first-order chi connectivity index (χ1) is 6.31. The third-order valence-electron chi connectivity index (χ3n) is 2.42. The molecule has 70 valence electrons. The molecule has 1 aromatic carbocycles. The van der Waals surface area contributed by atoms with Crippen LogP contribution >= 0.6 is 0 Å². The zero-order valence-electron chi connectivity index (χ0n) is 7.58. The van der Waals surface area contributed by atoms with Crippen molar-refractivity contribution in [1.29, 1.82) is 0 Å². The highest BCUT2D eigenvalue weighted by molar-refractivity contribution is 5.42. The van der Waals surface area contributed by atoms with Crippen LogP contribution in [0.1, 0.15) is 18.0 Å². The van der Waals surface area contributed by atoms with Crippen molar-refractivity contribution in [1.82, 2.24) is 5.32 Å². The summed E-state index contributed by atoms with van der Waals surface area (Å²) in [4.78, 5) is 0. The zero-order valence-corrected chi connectivity index (χ0v) is 7.58. The Morgan fingerprint density at radius 3 is 2.85 bits per heavy atom. The lowest BCUT2D eigenvalue weighted by atomic mass is 9.97. The average molecular weight is 179 g/mol. The van der Waals surface area contributed by atoms with Gasteiger partial charge in [-0.05, 0) is 19.0 Å². The van der Waals surface area contributed by atoms with Crippen molar-refractivity contribution >= 4 is 0 Å². The molecule has 0 bridgehead atoms. The minimum atomic E-state index is 0.250. The molecule has 1 unspecified atom stereocenters. The van der Waals surface area contributed by atoms with Crippen LogP contribution in [-0.4, -0.2) is 18.8 Å². The zero-order chi connectivity index (χ0) is 9.26. The summed E-state index contributed by atoms with van der Waals surface area (Å²) in [6.07, 6.45) is 1.14. The Bertz CT molecular complexity index is 308. The molecular formula is C10H13NO2. The van der Waals surface area contributed by atoms with Gasteiger partial charge in [0.2, 0.25) is 0 Å². The molecule has 3 nitrogen and oxygen atoms in total. The Labute approximate surface area is 77.3 Å². The van der Waals surface area contributed by atoms with Crippen molar-refractivity contribution in [2.24, 2.45) is 0 Å². The number of phenols is 1. The molecular weight excluding hydrogens is 166 g/mol. The molecule has 2 rings (SSSR count). The first-order valence-corrected chi connectivity index (χ1v) is 4.41. The van der Waals surface area contributed by atoms with Gasteiger partial charge < -0.3 is 15.2 Å². The molecule has 1 aliphatic heterocycles. The summed E-state index contributed by atoms with van der Waals surface area (Å²) in [6, 6.07) is 5.65. The number of rotatable bonds is 2. The molecule has 2 N–H and O–H groups in total. The van der Waals surface area contributed by atoms with E-state index in [1.54, 1.807) is 19.2 Å². The number of phenolic OH excluding ortho intramolecular Hbond substituents is 1. The van der Waals surface area contributed by atoms with E-state index in [1.165, 1.54) is 0 Å². The number of aromatic hydroxyl groups is 1. The van der Waals surface area contributed by atoms with Crippen LogP contribution in [0.4, 0.5) is 0 Å². The van der Waals surface area contributed by atoms with Crippen LogP contribution < -0.4 is 10.1 Å². The minimum absolute atomic E-state index is 0.250. The molecule has 1 fully saturated rings. The van der Waals surface area contributed by atoms with E-state index in [9.17, 15) is 5.11 Å². The van der Waals surface area contributed by atoms with Gasteiger partial charge in [-0.25, -0.2) is 0 Å². The van der Waals surface area contributed by atoms with Gasteiger partial charge in [-0.3, -0.25) is 0 Å². The van der Waals surface area contributed by atoms with Crippen LogP contribution in [0, 0.1) is 0 Å². The van der Waals surface area contributed by atoms with Crippen LogP contribution in [0.5, 0.6) is 11.5 Å². The van der Waals surface area contributed by atoms with Gasteiger partial charge >= 0.3 is 0 Å². The largest absolute Gasteiger partial charge is 0.508 e. The first kappa shape index (κ1) is 8.38. The summed E-state index contributed by atoms with van der Waals surface area (Å²) in [5, 5.41) is 12.5. The molecule has 1 aromatic rings. The third kappa shape index (κ3) is 1.47. The summed E-state index contributed by atoms with van der Waals surface area (Å²) in [5.74, 6) is 1.01. The maximum Gasteiger partial charge on any atom is 0.127 e. The fourth-order valence-electron chi connectivity index (χ4n) is 1.54. The number of hydrogen-bond acceptors (Lipinski definition) is 3. The van der Waals surface area contributed by atoms with E-state index in [2.05, 4.69) is 5.32 Å². The van der Waals surface area contributed by atoms with E-state index in [-0.39, 0.29) is 5.75 Å². The molecule has 0 aliphatic carbocycles. The second-order valence-electron chi connectivity index (χ2n) is 3.22. The maximum absolute atomic E-state index is 9.24. The van der Waals surface area contributed by atoms with Crippen LogP contribution in [0.3, 0.4) is 0 Å². The predicted molar refractivity (Wildman–Crippen MR) is 50.0 cm³/mol. The van der Waals surface area contributed by atoms with Crippen molar-refractivity contribution in [2.75, 3.05) is 13.7 Å². The Morgan fingerprint density at radius 1 is 1.54 bits per heavy atom. The molecule has 0 radical (unpaired) electrons. The summed E-state index contributed by atoms with van der Waals surface area (Å²) in [5.41, 5.74) is 1.13. The van der Waals surface area contributed by atoms with Gasteiger partial charge in [-0.1, -0.05) is 6.07 Å². The molecule has 1 saturated heterocycles. The average Bonchev–Trinajstić information content (AvgIpc) is 2.05. The van der Waals surface area contributed by atoms with Crippen molar-refractivity contribution < 1.29 is 9.84 Å². The fraction of sp³-hybridized carbons (Fsp3) is 0.400. The summed E-state index contributed by atoms with van der Waals surface area (Å²) >= 11 is 0. The second kappa shape index (κ2) is 3.26. The highest BCUT2D eigenvalue weighted by Crippen LogP contribution is 2.33. The molecule has 1 atom stereocenters. The lowest BCUT2D eigenvalue weighted by molar-refractivity contribution is 0.351. The highest BCUT2D eigenvalue weighted by Gasteiger charge is 2.21. The van der Waals surface area contributed by atoms with E-state index < -0.39 is 0 Å². The van der Waals surface area contributed by atoms with Crippen LogP contribution in [0.15, 0.2) is 18.2 Å². The topological polar surface area (TPSA) is 41.5 Å². The van der Waals surface area contributed by atoms with Gasteiger partial charge in [0.25, 0.3) is 0 Å². The van der Waals surface area contributed by atoms with Crippen molar-refractivity contribution in [3.8, 4) is 11.5 Å². The highest BCUT2D eigenvalue weighted by atomic mass is 16.5. The second-order valence-corrected chi connectivity index (χ2v) is 3.22. The Morgan fingerprint density at radius 2 is 2.31 bits per heavy atom. The standard InChI is InChI=1S/C10H13NO2/c1-13-10-6-7(12)2-3-8(10)9-4-5-11-9/h2-3,6,9,11-12H,4-5H2,1H3. The Balaban J connectivity index is 2.32. The molecule has 0 amide bonds. The molecule has 1 heterocycles. The van der Waals surface area contributed by atoms with Gasteiger partial charge in [-0.15, -0.1) is 0 Å². The smallest absolute Gasteiger partial charge is 0.127 e. The van der Waals surface area contributed by atoms with E-state index in [0.717, 1.165) is 24.3 Å². The normalized spacial score (nSPS) is 20.8. The number of methoxy groups -OCH3 is 1. The quantitative estimate of drug-likeness (QED) is 0.721. The fourth-order valence-corrected chi connectivity index (χ4v) is 1.54. The van der Waals surface area contributed by atoms with E-state index in [1.807, 2.05) is 6.07 Å². The lowest BCUT2D eigenvalue weighted by Crippen LogP contribution is -2.35. The van der Waals surface area contributed by atoms with Gasteiger partial charge in [0.05, 0.1) is 7.11 Å². The SMILES string of the molecule is COc1cc(O)ccc1C1CCN1. The summed E-state index contributed by atoms with van der Waals surface area (Å²) in [7, 11) is 1.62. The summed E-state index contributed by atoms with van der Waals surface area (Å²) in [6.45, 7) is 1.06. The van der Waals surface area contributed by atoms with Gasteiger partial charge in [0.1, 0.15) is 11.5 Å². The van der Waals surface area contributed by atoms with Gasteiger partial charge in [0, 0.05) is 17.7 Å². The number of ether oxygens (including phenoxy) is 1. The van der Waals surface area contributed by atoms with Crippen LogP contribution in [0.25, 0.3) is 0 Å². The van der Waals surface area contributed by atoms with Crippen molar-refractivity contribution in [3.63, 3.8) is 0 Å². The Hall–Kier alpha value is -1.22. The molecule has 0 aromatic heterocycles. The Kier molecular flexibility index (Phi) is 2.10. The predicted octanol–water partition coefficient (Wildman–Crippen LogP) is 1.44. The van der Waals surface area contributed by atoms with Gasteiger partial charge in [-0.2, -0.15) is 0 Å². The minimum Gasteiger partial charge on any atom is -0.508 e. The first-order valence-electron chi connectivity index (χ1n) is 4.41. The van der Waals surface area contributed by atoms with Crippen molar-refractivity contribution in [3.05, 3.63) is 23.8 Å². The molecule has 0 spiro atoms. The van der Waals surface area contributed by atoms with Crippen LogP contribution in [-0.2, 0) is 0 Å². The van der Waals surface area contributed by atoms with E-state index in [4.69, 9.17) is 4.74 Å². The van der Waals surface area contributed by atoms with Crippen molar-refractivity contribution in [2.45, 2.75) is 12.5 Å². The molecule has 3 heteroatoms. The number of hydrogen-bond donors (Lipinski definition) is 2. The molecule has 1 aliphatic rings. The lowest BCUT2D eigenvalue weighted by Gasteiger charge is -2.29. The maximum atomic E-state index is 9.24. The third-order valence-corrected chi connectivity index (χ3v) is 2.42. The molecule has 13 heavy (non-hydrogen) atoms. The van der Waals surface area contributed by atoms with E-state index >= 15 is 0 Å². The van der Waals surface area contributed by atoms with E-state index in [0.29, 0.717) is 6.04 Å². The number of benzene rings is 1. The number of nitrogens with one attached hydrogen (secondary N) is 1.